The smallest absolute Gasteiger partial charge is 0.294 e. The third kappa shape index (κ3) is 5.95. The average molecular weight is 495 g/mol. The van der Waals surface area contributed by atoms with E-state index in [2.05, 4.69) is 10.6 Å². The van der Waals surface area contributed by atoms with E-state index < -0.39 is 39.5 Å². The molecule has 0 aromatic heterocycles. The lowest BCUT2D eigenvalue weighted by molar-refractivity contribution is -0.127. The van der Waals surface area contributed by atoms with Crippen LogP contribution in [-0.4, -0.2) is 42.8 Å². The summed E-state index contributed by atoms with van der Waals surface area (Å²) in [5.41, 5.74) is 0.690. The van der Waals surface area contributed by atoms with Gasteiger partial charge in [-0.2, -0.15) is 0 Å². The Morgan fingerprint density at radius 1 is 1.00 bits per heavy atom. The highest BCUT2D eigenvalue weighted by Crippen LogP contribution is 2.30. The van der Waals surface area contributed by atoms with Crippen LogP contribution in [0.4, 0.5) is 16.2 Å². The van der Waals surface area contributed by atoms with Crippen LogP contribution in [0.3, 0.4) is 0 Å². The van der Waals surface area contributed by atoms with Crippen LogP contribution in [0.1, 0.15) is 0 Å². The number of anilines is 2. The number of nitrogens with two attached hydrogens (primary N) is 1. The molecular formula is C19H15ClN4O6S2. The van der Waals surface area contributed by atoms with Gasteiger partial charge >= 0.3 is 0 Å². The van der Waals surface area contributed by atoms with E-state index in [9.17, 15) is 27.6 Å². The highest BCUT2D eigenvalue weighted by molar-refractivity contribution is 8.18. The summed E-state index contributed by atoms with van der Waals surface area (Å²) in [4.78, 5) is 49.4. The fourth-order valence-corrected chi connectivity index (χ4v) is 3.99. The lowest BCUT2D eigenvalue weighted by atomic mass is 10.3. The zero-order valence-electron chi connectivity index (χ0n) is 16.1. The van der Waals surface area contributed by atoms with Crippen molar-refractivity contribution in [2.45, 2.75) is 4.90 Å². The van der Waals surface area contributed by atoms with Gasteiger partial charge in [0.1, 0.15) is 6.54 Å². The summed E-state index contributed by atoms with van der Waals surface area (Å²) in [6, 6.07) is 11.3. The number of halogens is 1. The Hall–Kier alpha value is -3.19. The summed E-state index contributed by atoms with van der Waals surface area (Å²) in [5.74, 6) is -2.11. The van der Waals surface area contributed by atoms with E-state index in [0.29, 0.717) is 27.4 Å². The Balaban J connectivity index is 1.61. The first kappa shape index (κ1) is 23.5. The first-order chi connectivity index (χ1) is 15.0. The molecule has 4 N–H and O–H groups in total. The Morgan fingerprint density at radius 3 is 2.16 bits per heavy atom. The van der Waals surface area contributed by atoms with Crippen molar-refractivity contribution in [3.05, 3.63) is 64.5 Å². The van der Waals surface area contributed by atoms with E-state index in [0.717, 1.165) is 6.08 Å². The number of nitrogens with one attached hydrogen (secondary N) is 2. The standard InChI is InChI=1S/C19H15ClN4O6S2/c20-11-1-3-12(4-2-11)22-16(25)9-15-18(27)24(19(28)31-15)10-17(26)23-13-5-7-14(8-6-13)32(21,29)30/h1-9H,10H2,(H,22,25)(H,23,26)(H2,21,29,30). The number of nitrogens with zero attached hydrogens (tertiary/aromatic N) is 1. The molecule has 1 fully saturated rings. The fourth-order valence-electron chi connectivity index (χ4n) is 2.54. The average Bonchev–Trinajstić information content (AvgIpc) is 2.96. The van der Waals surface area contributed by atoms with Gasteiger partial charge in [0.25, 0.3) is 11.1 Å². The van der Waals surface area contributed by atoms with Crippen LogP contribution >= 0.6 is 23.4 Å². The van der Waals surface area contributed by atoms with Gasteiger partial charge in [-0.05, 0) is 60.3 Å². The summed E-state index contributed by atoms with van der Waals surface area (Å²) >= 11 is 6.31. The molecule has 1 aliphatic rings. The Morgan fingerprint density at radius 2 is 1.56 bits per heavy atom. The Bertz CT molecular complexity index is 1230. The maximum atomic E-state index is 12.4. The molecule has 10 nitrogen and oxygen atoms in total. The van der Waals surface area contributed by atoms with E-state index >= 15 is 0 Å². The van der Waals surface area contributed by atoms with Gasteiger partial charge in [0.05, 0.1) is 9.80 Å². The normalized spacial score (nSPS) is 15.2. The molecule has 13 heteroatoms. The maximum absolute atomic E-state index is 12.4. The largest absolute Gasteiger partial charge is 0.325 e. The van der Waals surface area contributed by atoms with Crippen LogP contribution in [0, 0.1) is 0 Å². The van der Waals surface area contributed by atoms with E-state index in [1.54, 1.807) is 24.3 Å². The summed E-state index contributed by atoms with van der Waals surface area (Å²) in [6.45, 7) is -0.586. The van der Waals surface area contributed by atoms with Crippen molar-refractivity contribution in [3.63, 3.8) is 0 Å². The zero-order chi connectivity index (χ0) is 23.5. The number of thioether (sulfide) groups is 1. The number of sulfonamides is 1. The van der Waals surface area contributed by atoms with E-state index in [1.165, 1.54) is 24.3 Å². The molecule has 0 radical (unpaired) electrons. The molecule has 1 aliphatic heterocycles. The molecule has 166 valence electrons. The van der Waals surface area contributed by atoms with Crippen molar-refractivity contribution in [2.24, 2.45) is 5.14 Å². The Kier molecular flexibility index (Phi) is 6.99. The van der Waals surface area contributed by atoms with Crippen LogP contribution in [0.15, 0.2) is 64.4 Å². The molecule has 4 amide bonds. The van der Waals surface area contributed by atoms with Crippen molar-refractivity contribution in [1.82, 2.24) is 4.90 Å². The second-order valence-electron chi connectivity index (χ2n) is 6.38. The molecule has 1 saturated heterocycles. The molecular weight excluding hydrogens is 480 g/mol. The Labute approximate surface area is 191 Å². The monoisotopic (exact) mass is 494 g/mol. The number of carbonyl (C=O) groups excluding carboxylic acids is 4. The number of benzene rings is 2. The summed E-state index contributed by atoms with van der Waals surface area (Å²) in [6.07, 6.45) is 0.976. The van der Waals surface area contributed by atoms with Crippen LogP contribution in [0.5, 0.6) is 0 Å². The minimum atomic E-state index is -3.88. The third-order valence-electron chi connectivity index (χ3n) is 4.02. The minimum absolute atomic E-state index is 0.133. The van der Waals surface area contributed by atoms with Gasteiger partial charge < -0.3 is 10.6 Å². The van der Waals surface area contributed by atoms with Gasteiger partial charge in [-0.3, -0.25) is 24.1 Å². The first-order valence-electron chi connectivity index (χ1n) is 8.77. The molecule has 0 atom stereocenters. The first-order valence-corrected chi connectivity index (χ1v) is 11.5. The van der Waals surface area contributed by atoms with E-state index in [1.807, 2.05) is 0 Å². The quantitative estimate of drug-likeness (QED) is 0.519. The second-order valence-corrected chi connectivity index (χ2v) is 9.37. The summed E-state index contributed by atoms with van der Waals surface area (Å²) in [5, 5.41) is 9.76. The SMILES string of the molecule is NS(=O)(=O)c1ccc(NC(=O)CN2C(=O)SC(=CC(=O)Nc3ccc(Cl)cc3)C2=O)cc1. The van der Waals surface area contributed by atoms with Gasteiger partial charge in [-0.1, -0.05) is 11.6 Å². The molecule has 0 spiro atoms. The highest BCUT2D eigenvalue weighted by atomic mass is 35.5. The van der Waals surface area contributed by atoms with Crippen molar-refractivity contribution < 1.29 is 27.6 Å². The predicted octanol–water partition coefficient (Wildman–Crippen LogP) is 2.14. The lowest BCUT2D eigenvalue weighted by Gasteiger charge is -2.12. The maximum Gasteiger partial charge on any atom is 0.294 e. The molecule has 0 bridgehead atoms. The number of carbonyl (C=O) groups is 4. The number of primary sulfonamides is 1. The van der Waals surface area contributed by atoms with Gasteiger partial charge in [0.2, 0.25) is 21.8 Å². The molecule has 3 rings (SSSR count). The van der Waals surface area contributed by atoms with Gasteiger partial charge in [0, 0.05) is 22.5 Å². The molecule has 0 saturated carbocycles. The summed E-state index contributed by atoms with van der Waals surface area (Å²) < 4.78 is 22.5. The zero-order valence-corrected chi connectivity index (χ0v) is 18.5. The van der Waals surface area contributed by atoms with Crippen molar-refractivity contribution in [1.29, 1.82) is 0 Å². The topological polar surface area (TPSA) is 156 Å². The van der Waals surface area contributed by atoms with E-state index in [-0.39, 0.29) is 15.5 Å². The number of rotatable bonds is 6. The molecule has 0 aliphatic carbocycles. The molecule has 0 unspecified atom stereocenters. The van der Waals surface area contributed by atoms with Crippen LogP contribution in [0.2, 0.25) is 5.02 Å². The lowest BCUT2D eigenvalue weighted by Crippen LogP contribution is -2.36. The van der Waals surface area contributed by atoms with Crippen molar-refractivity contribution in [2.75, 3.05) is 17.2 Å². The minimum Gasteiger partial charge on any atom is -0.325 e. The van der Waals surface area contributed by atoms with Gasteiger partial charge in [0.15, 0.2) is 0 Å². The van der Waals surface area contributed by atoms with E-state index in [4.69, 9.17) is 16.7 Å². The highest BCUT2D eigenvalue weighted by Gasteiger charge is 2.36. The molecule has 2 aromatic carbocycles. The number of hydrogen-bond acceptors (Lipinski definition) is 7. The predicted molar refractivity (Wildman–Crippen MR) is 119 cm³/mol. The third-order valence-corrected chi connectivity index (χ3v) is 6.10. The van der Waals surface area contributed by atoms with Crippen LogP contribution in [-0.2, 0) is 24.4 Å². The van der Waals surface area contributed by atoms with Crippen molar-refractivity contribution in [3.8, 4) is 0 Å². The number of hydrogen-bond donors (Lipinski definition) is 3. The van der Waals surface area contributed by atoms with Crippen LogP contribution < -0.4 is 15.8 Å². The van der Waals surface area contributed by atoms with Crippen LogP contribution in [0.25, 0.3) is 0 Å². The van der Waals surface area contributed by atoms with Gasteiger partial charge in [-0.25, -0.2) is 13.6 Å². The number of imide groups is 1. The van der Waals surface area contributed by atoms with Gasteiger partial charge in [-0.15, -0.1) is 0 Å². The second kappa shape index (κ2) is 9.53. The van der Waals surface area contributed by atoms with Crippen molar-refractivity contribution >= 4 is 67.7 Å². The molecule has 2 aromatic rings. The summed E-state index contributed by atoms with van der Waals surface area (Å²) in [7, 11) is -3.88. The molecule has 1 heterocycles. The number of amides is 4. The molecule has 32 heavy (non-hydrogen) atoms. The fraction of sp³-hybridized carbons (Fsp3) is 0.0526.